The number of rotatable bonds is 2. The molecule has 0 radical (unpaired) electrons. The summed E-state index contributed by atoms with van der Waals surface area (Å²) in [6.07, 6.45) is 0. The Balaban J connectivity index is 3.33. The SMILES string of the molecule is CP(C)(=O)c1cc(Br)ccc1CN. The van der Waals surface area contributed by atoms with Gasteiger partial charge in [0.25, 0.3) is 0 Å². The Hall–Kier alpha value is -0.110. The summed E-state index contributed by atoms with van der Waals surface area (Å²) >= 11 is 3.36. The maximum Gasteiger partial charge on any atom is 0.110 e. The van der Waals surface area contributed by atoms with Crippen LogP contribution in [0.3, 0.4) is 0 Å². The summed E-state index contributed by atoms with van der Waals surface area (Å²) in [6, 6.07) is 5.73. The highest BCUT2D eigenvalue weighted by atomic mass is 79.9. The fourth-order valence-corrected chi connectivity index (χ4v) is 3.06. The van der Waals surface area contributed by atoms with Crippen LogP contribution in [0.1, 0.15) is 5.56 Å². The van der Waals surface area contributed by atoms with Gasteiger partial charge in [-0.15, -0.1) is 0 Å². The molecule has 0 aromatic heterocycles. The quantitative estimate of drug-likeness (QED) is 0.830. The van der Waals surface area contributed by atoms with E-state index < -0.39 is 7.14 Å². The molecule has 4 heteroatoms. The van der Waals surface area contributed by atoms with Crippen LogP contribution in [-0.4, -0.2) is 13.3 Å². The van der Waals surface area contributed by atoms with Crippen LogP contribution in [0.25, 0.3) is 0 Å². The summed E-state index contributed by atoms with van der Waals surface area (Å²) < 4.78 is 12.8. The Morgan fingerprint density at radius 1 is 1.46 bits per heavy atom. The fourth-order valence-electron chi connectivity index (χ4n) is 1.21. The van der Waals surface area contributed by atoms with Crippen LogP contribution in [0.5, 0.6) is 0 Å². The van der Waals surface area contributed by atoms with Crippen LogP contribution in [0, 0.1) is 0 Å². The second-order valence-electron chi connectivity index (χ2n) is 3.33. The number of benzene rings is 1. The van der Waals surface area contributed by atoms with E-state index in [1.165, 1.54) is 0 Å². The summed E-state index contributed by atoms with van der Waals surface area (Å²) in [7, 11) is -2.21. The molecule has 1 aromatic carbocycles. The summed E-state index contributed by atoms with van der Waals surface area (Å²) in [5, 5.41) is 0.879. The first-order valence-electron chi connectivity index (χ1n) is 3.99. The van der Waals surface area contributed by atoms with Crippen LogP contribution in [0.2, 0.25) is 0 Å². The zero-order chi connectivity index (χ0) is 10.1. The van der Waals surface area contributed by atoms with Crippen LogP contribution < -0.4 is 11.0 Å². The molecule has 0 saturated heterocycles. The van der Waals surface area contributed by atoms with Crippen LogP contribution in [0.4, 0.5) is 0 Å². The van der Waals surface area contributed by atoms with Crippen molar-refractivity contribution in [2.24, 2.45) is 5.73 Å². The van der Waals surface area contributed by atoms with Crippen molar-refractivity contribution in [3.05, 3.63) is 28.2 Å². The molecule has 1 rings (SSSR count). The molecule has 0 spiro atoms. The van der Waals surface area contributed by atoms with Crippen molar-refractivity contribution in [1.29, 1.82) is 0 Å². The molecule has 0 aliphatic rings. The molecule has 0 amide bonds. The van der Waals surface area contributed by atoms with Gasteiger partial charge in [0, 0.05) is 16.3 Å². The molecule has 0 saturated carbocycles. The third-order valence-corrected chi connectivity index (χ3v) is 3.92. The molecular weight excluding hydrogens is 249 g/mol. The normalized spacial score (nSPS) is 11.7. The van der Waals surface area contributed by atoms with Gasteiger partial charge in [0.2, 0.25) is 0 Å². The summed E-state index contributed by atoms with van der Waals surface area (Å²) in [4.78, 5) is 0. The van der Waals surface area contributed by atoms with Crippen molar-refractivity contribution < 1.29 is 4.57 Å². The molecule has 0 atom stereocenters. The van der Waals surface area contributed by atoms with Crippen molar-refractivity contribution in [3.63, 3.8) is 0 Å². The van der Waals surface area contributed by atoms with Crippen LogP contribution in [0.15, 0.2) is 22.7 Å². The Labute approximate surface area is 87.0 Å². The lowest BCUT2D eigenvalue weighted by Gasteiger charge is -2.12. The molecule has 1 aromatic rings. The molecule has 0 aliphatic carbocycles. The minimum absolute atomic E-state index is 0.439. The highest BCUT2D eigenvalue weighted by Crippen LogP contribution is 2.36. The van der Waals surface area contributed by atoms with E-state index in [1.807, 2.05) is 18.2 Å². The lowest BCUT2D eigenvalue weighted by Crippen LogP contribution is -2.13. The molecule has 13 heavy (non-hydrogen) atoms. The molecular formula is C9H13BrNOP. The number of halogens is 1. The molecule has 0 bridgehead atoms. The van der Waals surface area contributed by atoms with Crippen molar-refractivity contribution in [1.82, 2.24) is 0 Å². The Morgan fingerprint density at radius 2 is 2.08 bits per heavy atom. The maximum absolute atomic E-state index is 11.9. The molecule has 2 N–H and O–H groups in total. The van der Waals surface area contributed by atoms with Crippen LogP contribution in [-0.2, 0) is 11.1 Å². The van der Waals surface area contributed by atoms with Crippen molar-refractivity contribution in [3.8, 4) is 0 Å². The van der Waals surface area contributed by atoms with Gasteiger partial charge in [0.05, 0.1) is 0 Å². The smallest absolute Gasteiger partial charge is 0.110 e. The molecule has 0 heterocycles. The average molecular weight is 262 g/mol. The predicted octanol–water partition coefficient (Wildman–Crippen LogP) is 2.16. The summed E-state index contributed by atoms with van der Waals surface area (Å²) in [6.45, 7) is 3.95. The van der Waals surface area contributed by atoms with E-state index in [1.54, 1.807) is 13.3 Å². The minimum atomic E-state index is -2.21. The first kappa shape index (κ1) is 11.0. The third kappa shape index (κ3) is 2.67. The van der Waals surface area contributed by atoms with Gasteiger partial charge >= 0.3 is 0 Å². The topological polar surface area (TPSA) is 43.1 Å². The zero-order valence-electron chi connectivity index (χ0n) is 7.75. The molecule has 0 fully saturated rings. The second-order valence-corrected chi connectivity index (χ2v) is 7.43. The Kier molecular flexibility index (Phi) is 3.33. The van der Waals surface area contributed by atoms with Gasteiger partial charge in [-0.05, 0) is 31.0 Å². The van der Waals surface area contributed by atoms with Crippen molar-refractivity contribution >= 4 is 28.4 Å². The monoisotopic (exact) mass is 261 g/mol. The van der Waals surface area contributed by atoms with Gasteiger partial charge in [-0.3, -0.25) is 0 Å². The molecule has 72 valence electrons. The Morgan fingerprint density at radius 3 is 2.54 bits per heavy atom. The Bertz CT molecular complexity index is 359. The first-order valence-corrected chi connectivity index (χ1v) is 7.38. The van der Waals surface area contributed by atoms with E-state index in [9.17, 15) is 4.57 Å². The summed E-state index contributed by atoms with van der Waals surface area (Å²) in [5.74, 6) is 0. The molecule has 2 nitrogen and oxygen atoms in total. The molecule has 0 unspecified atom stereocenters. The van der Waals surface area contributed by atoms with Gasteiger partial charge in [0.15, 0.2) is 0 Å². The largest absolute Gasteiger partial charge is 0.326 e. The van der Waals surface area contributed by atoms with Gasteiger partial charge in [-0.1, -0.05) is 22.0 Å². The van der Waals surface area contributed by atoms with E-state index in [2.05, 4.69) is 15.9 Å². The number of hydrogen-bond acceptors (Lipinski definition) is 2. The lowest BCUT2D eigenvalue weighted by molar-refractivity contribution is 0.588. The van der Waals surface area contributed by atoms with Gasteiger partial charge in [0.1, 0.15) is 7.14 Å². The predicted molar refractivity (Wildman–Crippen MR) is 61.1 cm³/mol. The van der Waals surface area contributed by atoms with Gasteiger partial charge in [-0.2, -0.15) is 0 Å². The number of hydrogen-bond donors (Lipinski definition) is 1. The van der Waals surface area contributed by atoms with Gasteiger partial charge in [-0.25, -0.2) is 0 Å². The van der Waals surface area contributed by atoms with Crippen molar-refractivity contribution in [2.45, 2.75) is 6.54 Å². The highest BCUT2D eigenvalue weighted by molar-refractivity contribution is 9.10. The maximum atomic E-state index is 11.9. The van der Waals surface area contributed by atoms with Crippen LogP contribution >= 0.6 is 23.1 Å². The molecule has 0 aliphatic heterocycles. The van der Waals surface area contributed by atoms with E-state index >= 15 is 0 Å². The number of nitrogens with two attached hydrogens (primary N) is 1. The highest BCUT2D eigenvalue weighted by Gasteiger charge is 2.15. The third-order valence-electron chi connectivity index (χ3n) is 1.85. The van der Waals surface area contributed by atoms with Gasteiger partial charge < -0.3 is 10.3 Å². The zero-order valence-corrected chi connectivity index (χ0v) is 10.2. The van der Waals surface area contributed by atoms with E-state index in [-0.39, 0.29) is 0 Å². The fraction of sp³-hybridized carbons (Fsp3) is 0.333. The first-order chi connectivity index (χ1) is 5.95. The lowest BCUT2D eigenvalue weighted by atomic mass is 10.2. The van der Waals surface area contributed by atoms with Crippen molar-refractivity contribution in [2.75, 3.05) is 13.3 Å². The van der Waals surface area contributed by atoms with E-state index in [4.69, 9.17) is 5.73 Å². The average Bonchev–Trinajstić information content (AvgIpc) is 2.03. The minimum Gasteiger partial charge on any atom is -0.326 e. The second kappa shape index (κ2) is 3.95. The van der Waals surface area contributed by atoms with E-state index in [0.717, 1.165) is 15.3 Å². The summed E-state index contributed by atoms with van der Waals surface area (Å²) in [5.41, 5.74) is 6.53. The van der Waals surface area contributed by atoms with E-state index in [0.29, 0.717) is 6.54 Å². The standard InChI is InChI=1S/C9H13BrNOP/c1-13(2,12)9-5-8(10)4-3-7(9)6-11/h3-5H,6,11H2,1-2H3.